The standard InChI is InChI=1S/C14H9F2N3O/c15-9-3-1-7(5-10(9)16)11-4-2-8-6-12(13(17)20)19-14(8)18-11/h1-6H,(H2,17,20)(H,18,19). The molecule has 1 amide bonds. The van der Waals surface area contributed by atoms with E-state index in [1.54, 1.807) is 18.2 Å². The topological polar surface area (TPSA) is 71.8 Å². The fraction of sp³-hybridized carbons (Fsp3) is 0. The van der Waals surface area contributed by atoms with Crippen molar-refractivity contribution in [1.29, 1.82) is 0 Å². The number of aromatic nitrogens is 2. The Kier molecular flexibility index (Phi) is 2.71. The van der Waals surface area contributed by atoms with Gasteiger partial charge in [-0.2, -0.15) is 0 Å². The van der Waals surface area contributed by atoms with Gasteiger partial charge < -0.3 is 10.7 Å². The lowest BCUT2D eigenvalue weighted by molar-refractivity contribution is 0.0996. The Labute approximate surface area is 112 Å². The second-order valence-corrected chi connectivity index (χ2v) is 4.31. The van der Waals surface area contributed by atoms with Crippen LogP contribution >= 0.6 is 0 Å². The van der Waals surface area contributed by atoms with E-state index in [2.05, 4.69) is 9.97 Å². The number of rotatable bonds is 2. The molecule has 0 atom stereocenters. The van der Waals surface area contributed by atoms with E-state index in [1.165, 1.54) is 6.07 Å². The van der Waals surface area contributed by atoms with Crippen molar-refractivity contribution >= 4 is 16.9 Å². The van der Waals surface area contributed by atoms with Crippen molar-refractivity contribution in [2.24, 2.45) is 5.73 Å². The number of nitrogens with zero attached hydrogens (tertiary/aromatic N) is 1. The van der Waals surface area contributed by atoms with E-state index in [0.717, 1.165) is 12.1 Å². The molecule has 0 spiro atoms. The molecule has 3 N–H and O–H groups in total. The average Bonchev–Trinajstić information content (AvgIpc) is 2.85. The Hall–Kier alpha value is -2.76. The SMILES string of the molecule is NC(=O)c1cc2ccc(-c3ccc(F)c(F)c3)nc2[nH]1. The molecule has 0 aliphatic carbocycles. The predicted molar refractivity (Wildman–Crippen MR) is 70.0 cm³/mol. The number of hydrogen-bond donors (Lipinski definition) is 2. The van der Waals surface area contributed by atoms with Gasteiger partial charge in [0.05, 0.1) is 5.69 Å². The van der Waals surface area contributed by atoms with Crippen LogP contribution in [0.15, 0.2) is 36.4 Å². The number of nitrogens with one attached hydrogen (secondary N) is 1. The molecule has 2 heterocycles. The summed E-state index contributed by atoms with van der Waals surface area (Å²) >= 11 is 0. The monoisotopic (exact) mass is 273 g/mol. The Morgan fingerprint density at radius 3 is 2.60 bits per heavy atom. The molecular weight excluding hydrogens is 264 g/mol. The largest absolute Gasteiger partial charge is 0.364 e. The molecular formula is C14H9F2N3O. The minimum Gasteiger partial charge on any atom is -0.364 e. The van der Waals surface area contributed by atoms with E-state index in [0.29, 0.717) is 22.3 Å². The van der Waals surface area contributed by atoms with Gasteiger partial charge in [0.2, 0.25) is 0 Å². The van der Waals surface area contributed by atoms with E-state index in [4.69, 9.17) is 5.73 Å². The lowest BCUT2D eigenvalue weighted by Crippen LogP contribution is -2.10. The van der Waals surface area contributed by atoms with Gasteiger partial charge >= 0.3 is 0 Å². The van der Waals surface area contributed by atoms with E-state index in [9.17, 15) is 13.6 Å². The van der Waals surface area contributed by atoms with Crippen molar-refractivity contribution in [2.75, 3.05) is 0 Å². The number of aromatic amines is 1. The fourth-order valence-electron chi connectivity index (χ4n) is 1.95. The Bertz CT molecular complexity index is 826. The summed E-state index contributed by atoms with van der Waals surface area (Å²) in [6.07, 6.45) is 0. The molecule has 6 heteroatoms. The molecule has 0 unspecified atom stereocenters. The molecule has 100 valence electrons. The molecule has 0 saturated heterocycles. The third-order valence-electron chi connectivity index (χ3n) is 2.96. The Morgan fingerprint density at radius 1 is 1.10 bits per heavy atom. The van der Waals surface area contributed by atoms with Gasteiger partial charge in [-0.3, -0.25) is 4.79 Å². The number of fused-ring (bicyclic) bond motifs is 1. The average molecular weight is 273 g/mol. The van der Waals surface area contributed by atoms with Gasteiger partial charge in [0.15, 0.2) is 11.6 Å². The molecule has 3 aromatic rings. The first-order chi connectivity index (χ1) is 9.54. The second kappa shape index (κ2) is 4.41. The number of carbonyl (C=O) groups is 1. The van der Waals surface area contributed by atoms with Crippen LogP contribution in [0, 0.1) is 11.6 Å². The quantitative estimate of drug-likeness (QED) is 0.753. The van der Waals surface area contributed by atoms with E-state index >= 15 is 0 Å². The van der Waals surface area contributed by atoms with Gasteiger partial charge in [-0.05, 0) is 36.4 Å². The minimum atomic E-state index is -0.936. The number of benzene rings is 1. The zero-order valence-corrected chi connectivity index (χ0v) is 10.2. The molecule has 0 aliphatic rings. The normalized spacial score (nSPS) is 10.9. The summed E-state index contributed by atoms with van der Waals surface area (Å²) in [5.41, 5.74) is 6.79. The van der Waals surface area contributed by atoms with Crippen LogP contribution in [-0.2, 0) is 0 Å². The van der Waals surface area contributed by atoms with Crippen molar-refractivity contribution in [3.05, 3.63) is 53.7 Å². The molecule has 0 saturated carbocycles. The highest BCUT2D eigenvalue weighted by molar-refractivity contribution is 5.96. The van der Waals surface area contributed by atoms with Gasteiger partial charge in [-0.1, -0.05) is 0 Å². The van der Waals surface area contributed by atoms with Crippen molar-refractivity contribution in [3.63, 3.8) is 0 Å². The van der Waals surface area contributed by atoms with Crippen LogP contribution in [0.25, 0.3) is 22.3 Å². The predicted octanol–water partition coefficient (Wildman–Crippen LogP) is 2.61. The van der Waals surface area contributed by atoms with Crippen LogP contribution in [0.4, 0.5) is 8.78 Å². The first-order valence-electron chi connectivity index (χ1n) is 5.79. The molecule has 3 rings (SSSR count). The highest BCUT2D eigenvalue weighted by Crippen LogP contribution is 2.23. The van der Waals surface area contributed by atoms with E-state index in [1.807, 2.05) is 0 Å². The van der Waals surface area contributed by atoms with Crippen LogP contribution in [-0.4, -0.2) is 15.9 Å². The molecule has 0 aliphatic heterocycles. The van der Waals surface area contributed by atoms with E-state index < -0.39 is 17.5 Å². The number of hydrogen-bond acceptors (Lipinski definition) is 2. The van der Waals surface area contributed by atoms with Gasteiger partial charge in [0.25, 0.3) is 5.91 Å². The number of H-pyrrole nitrogens is 1. The van der Waals surface area contributed by atoms with Crippen molar-refractivity contribution < 1.29 is 13.6 Å². The number of halogens is 2. The first-order valence-corrected chi connectivity index (χ1v) is 5.79. The molecule has 1 aromatic carbocycles. The van der Waals surface area contributed by atoms with Crippen LogP contribution in [0.3, 0.4) is 0 Å². The third kappa shape index (κ3) is 2.01. The van der Waals surface area contributed by atoms with Gasteiger partial charge in [-0.15, -0.1) is 0 Å². The van der Waals surface area contributed by atoms with Gasteiger partial charge in [-0.25, -0.2) is 13.8 Å². The second-order valence-electron chi connectivity index (χ2n) is 4.31. The van der Waals surface area contributed by atoms with Gasteiger partial charge in [0.1, 0.15) is 11.3 Å². The summed E-state index contributed by atoms with van der Waals surface area (Å²) in [4.78, 5) is 18.1. The third-order valence-corrected chi connectivity index (χ3v) is 2.96. The van der Waals surface area contributed by atoms with Crippen LogP contribution in [0.2, 0.25) is 0 Å². The number of pyridine rings is 1. The summed E-state index contributed by atoms with van der Waals surface area (Å²) in [5, 5.41) is 0.713. The minimum absolute atomic E-state index is 0.245. The zero-order chi connectivity index (χ0) is 14.3. The van der Waals surface area contributed by atoms with Crippen molar-refractivity contribution in [2.45, 2.75) is 0 Å². The van der Waals surface area contributed by atoms with Crippen LogP contribution in [0.5, 0.6) is 0 Å². The maximum atomic E-state index is 13.2. The lowest BCUT2D eigenvalue weighted by Gasteiger charge is -2.01. The molecule has 4 nitrogen and oxygen atoms in total. The maximum Gasteiger partial charge on any atom is 0.265 e. The Balaban J connectivity index is 2.12. The highest BCUT2D eigenvalue weighted by atomic mass is 19.2. The summed E-state index contributed by atoms with van der Waals surface area (Å²) in [6.45, 7) is 0. The zero-order valence-electron chi connectivity index (χ0n) is 10.2. The molecule has 2 aromatic heterocycles. The first kappa shape index (κ1) is 12.3. The Morgan fingerprint density at radius 2 is 1.90 bits per heavy atom. The van der Waals surface area contributed by atoms with E-state index in [-0.39, 0.29) is 5.69 Å². The lowest BCUT2D eigenvalue weighted by atomic mass is 10.1. The highest BCUT2D eigenvalue weighted by Gasteiger charge is 2.09. The van der Waals surface area contributed by atoms with Crippen molar-refractivity contribution in [1.82, 2.24) is 9.97 Å². The summed E-state index contributed by atoms with van der Waals surface area (Å²) in [7, 11) is 0. The summed E-state index contributed by atoms with van der Waals surface area (Å²) in [5.74, 6) is -2.43. The number of carbonyl (C=O) groups excluding carboxylic acids is 1. The molecule has 0 radical (unpaired) electrons. The van der Waals surface area contributed by atoms with Crippen LogP contribution in [0.1, 0.15) is 10.5 Å². The summed E-state index contributed by atoms with van der Waals surface area (Å²) in [6, 6.07) is 8.52. The van der Waals surface area contributed by atoms with Crippen LogP contribution < -0.4 is 5.73 Å². The van der Waals surface area contributed by atoms with Gasteiger partial charge in [0, 0.05) is 10.9 Å². The maximum absolute atomic E-state index is 13.2. The van der Waals surface area contributed by atoms with Crippen molar-refractivity contribution in [3.8, 4) is 11.3 Å². The smallest absolute Gasteiger partial charge is 0.265 e. The summed E-state index contributed by atoms with van der Waals surface area (Å²) < 4.78 is 26.1. The number of nitrogens with two attached hydrogens (primary N) is 1. The number of amides is 1. The molecule has 0 fully saturated rings. The fourth-order valence-corrected chi connectivity index (χ4v) is 1.95. The molecule has 20 heavy (non-hydrogen) atoms. The number of primary amides is 1. The molecule has 0 bridgehead atoms.